The van der Waals surface area contributed by atoms with Crippen molar-refractivity contribution in [1.82, 2.24) is 15.5 Å². The van der Waals surface area contributed by atoms with Gasteiger partial charge in [0.25, 0.3) is 5.91 Å². The molecule has 0 saturated carbocycles. The summed E-state index contributed by atoms with van der Waals surface area (Å²) >= 11 is 0. The van der Waals surface area contributed by atoms with E-state index >= 15 is 0 Å². The number of carbonyl (C=O) groups excluding carboxylic acids is 1. The van der Waals surface area contributed by atoms with Crippen LogP contribution in [-0.2, 0) is 6.54 Å². The summed E-state index contributed by atoms with van der Waals surface area (Å²) in [5, 5.41) is 16.1. The van der Waals surface area contributed by atoms with Gasteiger partial charge in [-0.25, -0.2) is 4.39 Å². The van der Waals surface area contributed by atoms with Gasteiger partial charge in [-0.2, -0.15) is 9.37 Å². The first-order valence-corrected chi connectivity index (χ1v) is 5.16. The Morgan fingerprint density at radius 3 is 2.80 bits per heavy atom. The molecule has 104 valence electrons. The molecule has 0 aliphatic rings. The fourth-order valence-corrected chi connectivity index (χ4v) is 1.40. The number of nitrogens with zero attached hydrogens (tertiary/aromatic N) is 3. The van der Waals surface area contributed by atoms with Crippen LogP contribution in [0.4, 0.5) is 14.5 Å². The van der Waals surface area contributed by atoms with Crippen LogP contribution in [0.1, 0.15) is 16.2 Å². The zero-order chi connectivity index (χ0) is 14.7. The Balaban J connectivity index is 2.23. The van der Waals surface area contributed by atoms with Crippen molar-refractivity contribution in [2.24, 2.45) is 0 Å². The molecule has 2 rings (SSSR count). The summed E-state index contributed by atoms with van der Waals surface area (Å²) in [5.74, 6) is -3.43. The summed E-state index contributed by atoms with van der Waals surface area (Å²) in [6, 6.07) is 0.958. The summed E-state index contributed by atoms with van der Waals surface area (Å²) in [4.78, 5) is 24.7. The number of hydrogen-bond acceptors (Lipinski definition) is 6. The zero-order valence-electron chi connectivity index (χ0n) is 9.67. The summed E-state index contributed by atoms with van der Waals surface area (Å²) < 4.78 is 31.3. The number of carbonyl (C=O) groups is 1. The van der Waals surface area contributed by atoms with Gasteiger partial charge >= 0.3 is 5.69 Å². The molecule has 0 radical (unpaired) electrons. The molecule has 2 aromatic rings. The van der Waals surface area contributed by atoms with Gasteiger partial charge in [-0.05, 0) is 6.07 Å². The zero-order valence-corrected chi connectivity index (χ0v) is 9.67. The molecule has 0 atom stereocenters. The maximum absolute atomic E-state index is 13.7. The highest BCUT2D eigenvalue weighted by atomic mass is 19.1. The van der Waals surface area contributed by atoms with Crippen LogP contribution in [0, 0.1) is 21.7 Å². The second-order valence-electron chi connectivity index (χ2n) is 3.57. The van der Waals surface area contributed by atoms with E-state index in [1.54, 1.807) is 0 Å². The minimum Gasteiger partial charge on any atom is -0.345 e. The average molecular weight is 284 g/mol. The molecule has 8 nitrogen and oxygen atoms in total. The molecule has 0 unspecified atom stereocenters. The van der Waals surface area contributed by atoms with Crippen LogP contribution in [0.5, 0.6) is 0 Å². The SMILES string of the molecule is O=C(NCc1ncon1)c1cc(F)cc([N+](=O)[O-])c1F. The van der Waals surface area contributed by atoms with E-state index in [-0.39, 0.29) is 12.4 Å². The number of rotatable bonds is 4. The predicted molar refractivity (Wildman–Crippen MR) is 58.5 cm³/mol. The van der Waals surface area contributed by atoms with Gasteiger partial charge in [0.2, 0.25) is 12.2 Å². The number of amides is 1. The fraction of sp³-hybridized carbons (Fsp3) is 0.100. The van der Waals surface area contributed by atoms with Crippen molar-refractivity contribution >= 4 is 11.6 Å². The van der Waals surface area contributed by atoms with E-state index in [0.717, 1.165) is 6.39 Å². The molecule has 1 N–H and O–H groups in total. The van der Waals surface area contributed by atoms with Crippen molar-refractivity contribution in [2.45, 2.75) is 6.54 Å². The summed E-state index contributed by atoms with van der Waals surface area (Å²) in [6.07, 6.45) is 1.02. The van der Waals surface area contributed by atoms with E-state index in [1.165, 1.54) is 0 Å². The lowest BCUT2D eigenvalue weighted by Crippen LogP contribution is -2.25. The highest BCUT2D eigenvalue weighted by Crippen LogP contribution is 2.22. The molecule has 1 aromatic heterocycles. The van der Waals surface area contributed by atoms with Crippen LogP contribution in [0.25, 0.3) is 0 Å². The first-order chi connectivity index (χ1) is 9.49. The molecule has 0 aliphatic carbocycles. The van der Waals surface area contributed by atoms with Crippen LogP contribution in [-0.4, -0.2) is 21.0 Å². The Morgan fingerprint density at radius 1 is 1.45 bits per heavy atom. The van der Waals surface area contributed by atoms with E-state index in [4.69, 9.17) is 0 Å². The Bertz CT molecular complexity index is 660. The molecular weight excluding hydrogens is 278 g/mol. The number of halogens is 2. The summed E-state index contributed by atoms with van der Waals surface area (Å²) in [7, 11) is 0. The monoisotopic (exact) mass is 284 g/mol. The highest BCUT2D eigenvalue weighted by molar-refractivity contribution is 5.95. The lowest BCUT2D eigenvalue weighted by Gasteiger charge is -2.04. The maximum atomic E-state index is 13.7. The van der Waals surface area contributed by atoms with Gasteiger partial charge in [0.1, 0.15) is 5.82 Å². The Morgan fingerprint density at radius 2 is 2.20 bits per heavy atom. The number of benzene rings is 1. The van der Waals surface area contributed by atoms with Crippen molar-refractivity contribution in [3.63, 3.8) is 0 Å². The Labute approximate surface area is 109 Å². The van der Waals surface area contributed by atoms with Crippen LogP contribution in [0.15, 0.2) is 23.0 Å². The van der Waals surface area contributed by atoms with Crippen LogP contribution in [0.2, 0.25) is 0 Å². The van der Waals surface area contributed by atoms with E-state index in [9.17, 15) is 23.7 Å². The Kier molecular flexibility index (Phi) is 3.64. The van der Waals surface area contributed by atoms with Crippen LogP contribution in [0.3, 0.4) is 0 Å². The fourth-order valence-electron chi connectivity index (χ4n) is 1.40. The Hall–Kier alpha value is -2.91. The van der Waals surface area contributed by atoms with E-state index < -0.39 is 33.7 Å². The van der Waals surface area contributed by atoms with Crippen molar-refractivity contribution in [3.05, 3.63) is 51.7 Å². The van der Waals surface area contributed by atoms with Crippen molar-refractivity contribution < 1.29 is 23.0 Å². The third-order valence-electron chi connectivity index (χ3n) is 2.27. The largest absolute Gasteiger partial charge is 0.345 e. The smallest absolute Gasteiger partial charge is 0.308 e. The second kappa shape index (κ2) is 5.38. The molecule has 1 amide bonds. The molecule has 0 bridgehead atoms. The van der Waals surface area contributed by atoms with Gasteiger partial charge < -0.3 is 9.84 Å². The highest BCUT2D eigenvalue weighted by Gasteiger charge is 2.24. The molecule has 1 aromatic carbocycles. The molecule has 0 spiro atoms. The lowest BCUT2D eigenvalue weighted by molar-refractivity contribution is -0.387. The first-order valence-electron chi connectivity index (χ1n) is 5.16. The van der Waals surface area contributed by atoms with Gasteiger partial charge in [-0.3, -0.25) is 14.9 Å². The topological polar surface area (TPSA) is 111 Å². The number of nitrogens with one attached hydrogen (secondary N) is 1. The first kappa shape index (κ1) is 13.5. The minimum atomic E-state index is -1.41. The quantitative estimate of drug-likeness (QED) is 0.666. The number of nitro benzene ring substituents is 1. The van der Waals surface area contributed by atoms with E-state index in [1.807, 2.05) is 0 Å². The van der Waals surface area contributed by atoms with Gasteiger partial charge in [-0.1, -0.05) is 5.16 Å². The normalized spacial score (nSPS) is 10.3. The van der Waals surface area contributed by atoms with Crippen molar-refractivity contribution in [2.75, 3.05) is 0 Å². The third kappa shape index (κ3) is 2.74. The second-order valence-corrected chi connectivity index (χ2v) is 3.57. The van der Waals surface area contributed by atoms with Gasteiger partial charge in [0, 0.05) is 0 Å². The van der Waals surface area contributed by atoms with E-state index in [2.05, 4.69) is 20.0 Å². The number of aromatic nitrogens is 2. The van der Waals surface area contributed by atoms with Crippen LogP contribution >= 0.6 is 0 Å². The van der Waals surface area contributed by atoms with Crippen molar-refractivity contribution in [3.8, 4) is 0 Å². The van der Waals surface area contributed by atoms with Crippen molar-refractivity contribution in [1.29, 1.82) is 0 Å². The summed E-state index contributed by atoms with van der Waals surface area (Å²) in [6.45, 7) is -0.195. The van der Waals surface area contributed by atoms with Gasteiger partial charge in [0.15, 0.2) is 5.82 Å². The average Bonchev–Trinajstić information content (AvgIpc) is 2.91. The van der Waals surface area contributed by atoms with Crippen LogP contribution < -0.4 is 5.32 Å². The summed E-state index contributed by atoms with van der Waals surface area (Å²) in [5.41, 5.74) is -1.89. The molecule has 0 saturated heterocycles. The van der Waals surface area contributed by atoms with E-state index in [0.29, 0.717) is 12.1 Å². The molecule has 1 heterocycles. The standard InChI is InChI=1S/C10H6F2N4O4/c11-5-1-6(9(12)7(2-5)16(18)19)10(17)13-3-8-14-4-20-15-8/h1-2,4H,3H2,(H,13,17). The maximum Gasteiger partial charge on any atom is 0.308 e. The van der Waals surface area contributed by atoms with Gasteiger partial charge in [0.05, 0.1) is 23.1 Å². The minimum absolute atomic E-state index is 0.115. The molecule has 10 heteroatoms. The molecule has 0 fully saturated rings. The number of nitro groups is 1. The molecular formula is C10H6F2N4O4. The molecule has 0 aliphatic heterocycles. The number of hydrogen-bond donors (Lipinski definition) is 1. The third-order valence-corrected chi connectivity index (χ3v) is 2.27. The molecule has 20 heavy (non-hydrogen) atoms. The van der Waals surface area contributed by atoms with Gasteiger partial charge in [-0.15, -0.1) is 0 Å². The lowest BCUT2D eigenvalue weighted by atomic mass is 10.1. The predicted octanol–water partition coefficient (Wildman–Crippen LogP) is 1.19.